The minimum absolute atomic E-state index is 0.283. The van der Waals surface area contributed by atoms with Crippen molar-refractivity contribution in [2.45, 2.75) is 51.7 Å². The number of aromatic amines is 1. The van der Waals surface area contributed by atoms with Gasteiger partial charge in [0.05, 0.1) is 17.9 Å². The molecule has 1 aliphatic carbocycles. The van der Waals surface area contributed by atoms with Gasteiger partial charge in [0.1, 0.15) is 11.4 Å². The number of imidazole rings is 1. The zero-order valence-corrected chi connectivity index (χ0v) is 19.0. The van der Waals surface area contributed by atoms with Crippen molar-refractivity contribution in [2.75, 3.05) is 0 Å². The lowest BCUT2D eigenvalue weighted by Crippen LogP contribution is -2.36. The van der Waals surface area contributed by atoms with Crippen molar-refractivity contribution < 1.29 is 9.53 Å². The summed E-state index contributed by atoms with van der Waals surface area (Å²) < 4.78 is 5.54. The van der Waals surface area contributed by atoms with E-state index in [0.717, 1.165) is 36.3 Å². The predicted octanol–water partition coefficient (Wildman–Crippen LogP) is 4.70. The summed E-state index contributed by atoms with van der Waals surface area (Å²) in [5.41, 5.74) is 1.43. The third kappa shape index (κ3) is 5.67. The Labute approximate surface area is 189 Å². The van der Waals surface area contributed by atoms with Crippen molar-refractivity contribution in [3.8, 4) is 11.3 Å². The fraction of sp³-hybridized carbons (Fsp3) is 0.333. The first-order chi connectivity index (χ1) is 15.4. The number of amides is 1. The Morgan fingerprint density at radius 1 is 1.12 bits per heavy atom. The lowest BCUT2D eigenvalue weighted by atomic mass is 9.94. The summed E-state index contributed by atoms with van der Waals surface area (Å²) in [6.45, 7) is 5.61. The number of aromatic nitrogens is 2. The second-order valence-corrected chi connectivity index (χ2v) is 9.32. The monoisotopic (exact) mass is 429 g/mol. The number of benzene rings is 2. The second-order valence-electron chi connectivity index (χ2n) is 9.32. The van der Waals surface area contributed by atoms with E-state index in [4.69, 9.17) is 4.74 Å². The number of fused-ring (bicyclic) bond motifs is 1. The van der Waals surface area contributed by atoms with Gasteiger partial charge in [-0.15, -0.1) is 0 Å². The van der Waals surface area contributed by atoms with E-state index in [1.54, 1.807) is 0 Å². The van der Waals surface area contributed by atoms with Gasteiger partial charge in [0.2, 0.25) is 0 Å². The highest BCUT2D eigenvalue weighted by Crippen LogP contribution is 2.27. The van der Waals surface area contributed by atoms with Gasteiger partial charge >= 0.3 is 6.09 Å². The fourth-order valence-corrected chi connectivity index (χ4v) is 4.09. The molecule has 0 spiro atoms. The van der Waals surface area contributed by atoms with E-state index >= 15 is 0 Å². The number of nitrogens with zero attached hydrogens (tertiary/aromatic N) is 1. The molecule has 0 fully saturated rings. The van der Waals surface area contributed by atoms with Crippen LogP contribution in [-0.2, 0) is 4.74 Å². The molecule has 1 amide bonds. The highest BCUT2D eigenvalue weighted by atomic mass is 16.6. The lowest BCUT2D eigenvalue weighted by molar-refractivity contribution is 0.0496. The van der Waals surface area contributed by atoms with E-state index in [1.807, 2.05) is 57.3 Å². The van der Waals surface area contributed by atoms with Gasteiger partial charge in [-0.2, -0.15) is 0 Å². The van der Waals surface area contributed by atoms with Crippen molar-refractivity contribution in [3.63, 3.8) is 0 Å². The maximum atomic E-state index is 12.6. The number of nitrogens with one attached hydrogen (secondary N) is 2. The average molecular weight is 430 g/mol. The minimum atomic E-state index is -0.560. The van der Waals surface area contributed by atoms with Crippen LogP contribution < -0.4 is 15.8 Å². The van der Waals surface area contributed by atoms with E-state index in [0.29, 0.717) is 5.92 Å². The minimum Gasteiger partial charge on any atom is -0.444 e. The fourth-order valence-electron chi connectivity index (χ4n) is 4.09. The molecule has 0 saturated heterocycles. The summed E-state index contributed by atoms with van der Waals surface area (Å²) in [6.07, 6.45) is 8.78. The van der Waals surface area contributed by atoms with E-state index in [2.05, 4.69) is 51.7 Å². The van der Waals surface area contributed by atoms with E-state index < -0.39 is 11.7 Å². The molecule has 1 aromatic heterocycles. The maximum absolute atomic E-state index is 12.6. The number of ether oxygens (including phenoxy) is 1. The first-order valence-corrected chi connectivity index (χ1v) is 11.2. The molecule has 5 heteroatoms. The molecule has 2 atom stereocenters. The van der Waals surface area contributed by atoms with Crippen molar-refractivity contribution in [1.29, 1.82) is 0 Å². The molecule has 0 bridgehead atoms. The molecule has 0 aliphatic heterocycles. The number of rotatable bonds is 5. The molecule has 32 heavy (non-hydrogen) atoms. The molecule has 1 unspecified atom stereocenters. The Bertz CT molecular complexity index is 1180. The van der Waals surface area contributed by atoms with Crippen molar-refractivity contribution in [2.24, 2.45) is 5.92 Å². The van der Waals surface area contributed by atoms with E-state index in [-0.39, 0.29) is 6.04 Å². The number of H-pyrrole nitrogens is 1. The molecule has 1 heterocycles. The van der Waals surface area contributed by atoms with Gasteiger partial charge in [-0.25, -0.2) is 9.78 Å². The summed E-state index contributed by atoms with van der Waals surface area (Å²) in [6, 6.07) is 18.2. The Hall–Kier alpha value is -3.34. The van der Waals surface area contributed by atoms with Gasteiger partial charge in [-0.1, -0.05) is 66.7 Å². The summed E-state index contributed by atoms with van der Waals surface area (Å²) in [4.78, 5) is 20.7. The third-order valence-electron chi connectivity index (χ3n) is 5.55. The Morgan fingerprint density at radius 2 is 1.84 bits per heavy atom. The zero-order valence-electron chi connectivity index (χ0n) is 19.0. The molecule has 4 rings (SSSR count). The van der Waals surface area contributed by atoms with Crippen LogP contribution in [0.5, 0.6) is 0 Å². The van der Waals surface area contributed by atoms with Crippen LogP contribution >= 0.6 is 0 Å². The van der Waals surface area contributed by atoms with Crippen LogP contribution in [0, 0.1) is 5.92 Å². The highest BCUT2D eigenvalue weighted by molar-refractivity contribution is 5.68. The number of alkyl carbamates (subject to hydrolysis) is 1. The summed E-state index contributed by atoms with van der Waals surface area (Å²) >= 11 is 0. The van der Waals surface area contributed by atoms with Gasteiger partial charge in [-0.3, -0.25) is 0 Å². The molecule has 0 saturated carbocycles. The van der Waals surface area contributed by atoms with Gasteiger partial charge in [0.15, 0.2) is 0 Å². The molecule has 3 aromatic rings. The van der Waals surface area contributed by atoms with Crippen LogP contribution in [0.2, 0.25) is 0 Å². The summed E-state index contributed by atoms with van der Waals surface area (Å²) in [5, 5.41) is 5.58. The van der Waals surface area contributed by atoms with Gasteiger partial charge in [0.25, 0.3) is 0 Å². The number of carbonyl (C=O) groups excluding carboxylic acids is 1. The number of carbonyl (C=O) groups is 1. The van der Waals surface area contributed by atoms with Crippen LogP contribution in [-0.4, -0.2) is 21.7 Å². The first-order valence-electron chi connectivity index (χ1n) is 11.2. The molecule has 0 radical (unpaired) electrons. The molecule has 1 aliphatic rings. The summed E-state index contributed by atoms with van der Waals surface area (Å²) in [5.74, 6) is 1.05. The molecule has 5 nitrogen and oxygen atoms in total. The zero-order chi connectivity index (χ0) is 22.6. The SMILES string of the molecule is CC(C)(C)OC(=O)N[C@H](CC1C=c2ccccc2=CCC1)c1ncc(-c2ccccc2)[nH]1. The molecule has 2 N–H and O–H groups in total. The third-order valence-corrected chi connectivity index (χ3v) is 5.55. The van der Waals surface area contributed by atoms with Crippen LogP contribution in [0.1, 0.15) is 51.9 Å². The Kier molecular flexibility index (Phi) is 6.45. The van der Waals surface area contributed by atoms with Crippen molar-refractivity contribution in [3.05, 3.63) is 77.1 Å². The number of hydrogen-bond acceptors (Lipinski definition) is 3. The van der Waals surface area contributed by atoms with E-state index in [9.17, 15) is 4.79 Å². The number of hydrogen-bond donors (Lipinski definition) is 2. The predicted molar refractivity (Wildman–Crippen MR) is 128 cm³/mol. The van der Waals surface area contributed by atoms with Crippen LogP contribution in [0.15, 0.2) is 60.8 Å². The van der Waals surface area contributed by atoms with Crippen LogP contribution in [0.25, 0.3) is 23.4 Å². The summed E-state index contributed by atoms with van der Waals surface area (Å²) in [7, 11) is 0. The second kappa shape index (κ2) is 9.43. The molecule has 166 valence electrons. The Morgan fingerprint density at radius 3 is 2.59 bits per heavy atom. The molecular formula is C27H31N3O2. The normalized spacial score (nSPS) is 16.7. The molecule has 2 aromatic carbocycles. The highest BCUT2D eigenvalue weighted by Gasteiger charge is 2.25. The Balaban J connectivity index is 1.61. The first kappa shape index (κ1) is 21.9. The lowest BCUT2D eigenvalue weighted by Gasteiger charge is -2.24. The maximum Gasteiger partial charge on any atom is 0.408 e. The van der Waals surface area contributed by atoms with E-state index in [1.165, 1.54) is 10.4 Å². The quantitative estimate of drug-likeness (QED) is 0.618. The van der Waals surface area contributed by atoms with Gasteiger partial charge in [0, 0.05) is 0 Å². The average Bonchev–Trinajstić information content (AvgIpc) is 3.15. The van der Waals surface area contributed by atoms with Crippen LogP contribution in [0.3, 0.4) is 0 Å². The van der Waals surface area contributed by atoms with Crippen molar-refractivity contribution >= 4 is 18.2 Å². The van der Waals surface area contributed by atoms with Gasteiger partial charge < -0.3 is 15.0 Å². The topological polar surface area (TPSA) is 67.0 Å². The van der Waals surface area contributed by atoms with Crippen LogP contribution in [0.4, 0.5) is 4.79 Å². The van der Waals surface area contributed by atoms with Crippen molar-refractivity contribution in [1.82, 2.24) is 15.3 Å². The van der Waals surface area contributed by atoms with Gasteiger partial charge in [-0.05, 0) is 62.0 Å². The molecular weight excluding hydrogens is 398 g/mol. The largest absolute Gasteiger partial charge is 0.444 e. The standard InChI is InChI=1S/C27H31N3O2/c1-27(2,3)32-26(31)30-23(25-28-18-24(29-25)21-12-5-4-6-13-21)17-19-10-9-15-20-11-7-8-14-22(20)16-19/h4-8,11-16,18-19,23H,9-10,17H2,1-3H3,(H,28,29)(H,30,31)/t19?,23-/m1/s1. The smallest absolute Gasteiger partial charge is 0.408 e.